The van der Waals surface area contributed by atoms with Gasteiger partial charge < -0.3 is 5.32 Å². The van der Waals surface area contributed by atoms with Crippen LogP contribution in [0.2, 0.25) is 0 Å². The Kier molecular flexibility index (Phi) is 6.73. The van der Waals surface area contributed by atoms with Crippen LogP contribution in [0.1, 0.15) is 38.3 Å². The second-order valence-electron chi connectivity index (χ2n) is 5.33. The van der Waals surface area contributed by atoms with Gasteiger partial charge in [0.15, 0.2) is 0 Å². The van der Waals surface area contributed by atoms with E-state index >= 15 is 0 Å². The summed E-state index contributed by atoms with van der Waals surface area (Å²) in [6.07, 6.45) is 1.11. The largest absolute Gasteiger partial charge is 0.313 e. The van der Waals surface area contributed by atoms with Gasteiger partial charge in [-0.15, -0.1) is 0 Å². The Hall–Kier alpha value is -0.670. The highest BCUT2D eigenvalue weighted by Gasteiger charge is 2.19. The summed E-state index contributed by atoms with van der Waals surface area (Å²) >= 11 is 0. The topological polar surface area (TPSA) is 29.1 Å². The maximum Gasteiger partial charge on any atom is 0.0548 e. The minimum absolute atomic E-state index is 0.330. The van der Waals surface area contributed by atoms with E-state index in [-0.39, 0.29) is 0 Å². The second kappa shape index (κ2) is 7.81. The molecule has 0 aliphatic carbocycles. The number of rotatable bonds is 7. The van der Waals surface area contributed by atoms with E-state index in [1.807, 2.05) is 19.1 Å². The lowest BCUT2D eigenvalue weighted by Gasteiger charge is -2.23. The second-order valence-corrected chi connectivity index (χ2v) is 6.80. The van der Waals surface area contributed by atoms with Crippen molar-refractivity contribution < 1.29 is 4.21 Å². The Morgan fingerprint density at radius 1 is 1.26 bits per heavy atom. The minimum Gasteiger partial charge on any atom is -0.313 e. The molecule has 19 heavy (non-hydrogen) atoms. The first-order chi connectivity index (χ1) is 8.99. The fourth-order valence-corrected chi connectivity index (χ4v) is 3.87. The third kappa shape index (κ3) is 4.73. The van der Waals surface area contributed by atoms with Gasteiger partial charge in [-0.1, -0.05) is 44.9 Å². The SMILES string of the molecule is CCNC(CS(=O)c1ccc(C)cc1C)C(C)CC. The molecule has 1 N–H and O–H groups in total. The van der Waals surface area contributed by atoms with Crippen molar-refractivity contribution in [3.05, 3.63) is 29.3 Å². The third-order valence-electron chi connectivity index (χ3n) is 3.70. The molecule has 0 amide bonds. The Balaban J connectivity index is 2.81. The molecule has 1 rings (SSSR count). The van der Waals surface area contributed by atoms with Crippen LogP contribution in [0.15, 0.2) is 23.1 Å². The molecule has 0 heterocycles. The summed E-state index contributed by atoms with van der Waals surface area (Å²) in [4.78, 5) is 0.983. The van der Waals surface area contributed by atoms with Crippen LogP contribution < -0.4 is 5.32 Å². The van der Waals surface area contributed by atoms with Crippen molar-refractivity contribution in [1.29, 1.82) is 0 Å². The van der Waals surface area contributed by atoms with Gasteiger partial charge in [-0.2, -0.15) is 0 Å². The van der Waals surface area contributed by atoms with Crippen molar-refractivity contribution in [3.8, 4) is 0 Å². The van der Waals surface area contributed by atoms with E-state index in [1.54, 1.807) is 0 Å². The third-order valence-corrected chi connectivity index (χ3v) is 5.31. The van der Waals surface area contributed by atoms with Gasteiger partial charge in [0.25, 0.3) is 0 Å². The van der Waals surface area contributed by atoms with Crippen LogP contribution in [0.5, 0.6) is 0 Å². The molecule has 1 aromatic carbocycles. The fraction of sp³-hybridized carbons (Fsp3) is 0.625. The maximum atomic E-state index is 12.6. The number of benzene rings is 1. The molecule has 3 heteroatoms. The standard InChI is InChI=1S/C16H27NOS/c1-6-13(4)15(17-7-2)11-19(18)16-9-8-12(3)10-14(16)5/h8-10,13,15,17H,6-7,11H2,1-5H3. The van der Waals surface area contributed by atoms with Crippen LogP contribution >= 0.6 is 0 Å². The number of nitrogens with one attached hydrogen (secondary N) is 1. The molecule has 0 aliphatic heterocycles. The summed E-state index contributed by atoms with van der Waals surface area (Å²) in [5.74, 6) is 1.25. The average molecular weight is 281 g/mol. The predicted octanol–water partition coefficient (Wildman–Crippen LogP) is 3.44. The van der Waals surface area contributed by atoms with Gasteiger partial charge in [-0.25, -0.2) is 0 Å². The van der Waals surface area contributed by atoms with Crippen molar-refractivity contribution in [2.24, 2.45) is 5.92 Å². The van der Waals surface area contributed by atoms with E-state index in [0.29, 0.717) is 17.7 Å². The Morgan fingerprint density at radius 3 is 2.47 bits per heavy atom. The van der Waals surface area contributed by atoms with Crippen LogP contribution in [0.4, 0.5) is 0 Å². The van der Waals surface area contributed by atoms with Crippen LogP contribution in [0.3, 0.4) is 0 Å². The van der Waals surface area contributed by atoms with E-state index in [2.05, 4.69) is 39.1 Å². The van der Waals surface area contributed by atoms with Crippen LogP contribution in [-0.2, 0) is 10.8 Å². The molecule has 1 aromatic rings. The van der Waals surface area contributed by atoms with Gasteiger partial charge in [0.05, 0.1) is 10.8 Å². The lowest BCUT2D eigenvalue weighted by atomic mass is 10.0. The van der Waals surface area contributed by atoms with Crippen LogP contribution in [-0.4, -0.2) is 22.5 Å². The van der Waals surface area contributed by atoms with E-state index in [4.69, 9.17) is 0 Å². The van der Waals surface area contributed by atoms with E-state index in [0.717, 1.165) is 23.4 Å². The molecule has 0 spiro atoms. The first-order valence-corrected chi connectivity index (χ1v) is 8.50. The zero-order valence-corrected chi connectivity index (χ0v) is 13.6. The van der Waals surface area contributed by atoms with Crippen molar-refractivity contribution in [1.82, 2.24) is 5.32 Å². The fourth-order valence-electron chi connectivity index (χ4n) is 2.28. The highest BCUT2D eigenvalue weighted by atomic mass is 32.2. The maximum absolute atomic E-state index is 12.6. The molecule has 0 saturated carbocycles. The molecule has 0 aliphatic rings. The molecule has 0 radical (unpaired) electrons. The van der Waals surface area contributed by atoms with Crippen molar-refractivity contribution in [2.45, 2.75) is 52.0 Å². The molecule has 0 saturated heterocycles. The molecule has 0 fully saturated rings. The molecular weight excluding hydrogens is 254 g/mol. The van der Waals surface area contributed by atoms with E-state index in [1.165, 1.54) is 5.56 Å². The van der Waals surface area contributed by atoms with Crippen molar-refractivity contribution >= 4 is 10.8 Å². The lowest BCUT2D eigenvalue weighted by molar-refractivity contribution is 0.401. The van der Waals surface area contributed by atoms with Crippen LogP contribution in [0, 0.1) is 19.8 Å². The Bertz CT molecular complexity index is 431. The summed E-state index contributed by atoms with van der Waals surface area (Å²) in [5.41, 5.74) is 2.36. The van der Waals surface area contributed by atoms with E-state index < -0.39 is 10.8 Å². The zero-order valence-electron chi connectivity index (χ0n) is 12.8. The van der Waals surface area contributed by atoms with Gasteiger partial charge in [0.2, 0.25) is 0 Å². The summed E-state index contributed by atoms with van der Waals surface area (Å²) in [6.45, 7) is 11.6. The summed E-state index contributed by atoms with van der Waals surface area (Å²) < 4.78 is 12.6. The molecule has 0 aromatic heterocycles. The average Bonchev–Trinajstić information content (AvgIpc) is 2.37. The molecule has 3 atom stereocenters. The summed E-state index contributed by atoms with van der Waals surface area (Å²) in [5, 5.41) is 3.47. The van der Waals surface area contributed by atoms with Crippen molar-refractivity contribution in [2.75, 3.05) is 12.3 Å². The molecule has 2 nitrogen and oxygen atoms in total. The van der Waals surface area contributed by atoms with E-state index in [9.17, 15) is 4.21 Å². The molecule has 0 bridgehead atoms. The van der Waals surface area contributed by atoms with Crippen LogP contribution in [0.25, 0.3) is 0 Å². The van der Waals surface area contributed by atoms with Crippen molar-refractivity contribution in [3.63, 3.8) is 0 Å². The predicted molar refractivity (Wildman–Crippen MR) is 84.1 cm³/mol. The summed E-state index contributed by atoms with van der Waals surface area (Å²) in [6, 6.07) is 6.50. The normalized spacial score (nSPS) is 16.1. The zero-order chi connectivity index (χ0) is 14.4. The highest BCUT2D eigenvalue weighted by molar-refractivity contribution is 7.85. The number of hydrogen-bond donors (Lipinski definition) is 1. The smallest absolute Gasteiger partial charge is 0.0548 e. The number of hydrogen-bond acceptors (Lipinski definition) is 2. The first kappa shape index (κ1) is 16.4. The van der Waals surface area contributed by atoms with Gasteiger partial charge in [-0.05, 0) is 37.9 Å². The van der Waals surface area contributed by atoms with Gasteiger partial charge in [0, 0.05) is 16.7 Å². The molecule has 108 valence electrons. The highest BCUT2D eigenvalue weighted by Crippen LogP contribution is 2.18. The minimum atomic E-state index is -0.919. The monoisotopic (exact) mass is 281 g/mol. The Labute approximate surface area is 120 Å². The van der Waals surface area contributed by atoms with Gasteiger partial charge in [-0.3, -0.25) is 4.21 Å². The lowest BCUT2D eigenvalue weighted by Crippen LogP contribution is -2.39. The Morgan fingerprint density at radius 2 is 1.95 bits per heavy atom. The van der Waals surface area contributed by atoms with Gasteiger partial charge >= 0.3 is 0 Å². The molecule has 3 unspecified atom stereocenters. The van der Waals surface area contributed by atoms with Gasteiger partial charge in [0.1, 0.15) is 0 Å². The number of aryl methyl sites for hydroxylation is 2. The summed E-state index contributed by atoms with van der Waals surface area (Å²) in [7, 11) is -0.919. The quantitative estimate of drug-likeness (QED) is 0.829. The first-order valence-electron chi connectivity index (χ1n) is 7.18. The molecular formula is C16H27NOS.